The second-order valence-electron chi connectivity index (χ2n) is 9.23. The Kier molecular flexibility index (Phi) is 15.5. The van der Waals surface area contributed by atoms with Gasteiger partial charge in [0.15, 0.2) is 0 Å². The Labute approximate surface area is 184 Å². The van der Waals surface area contributed by atoms with Crippen LogP contribution in [0.25, 0.3) is 0 Å². The summed E-state index contributed by atoms with van der Waals surface area (Å²) in [4.78, 5) is 23.4. The number of ether oxygens (including phenoxy) is 1. The van der Waals surface area contributed by atoms with E-state index >= 15 is 0 Å². The molecule has 174 valence electrons. The molecular weight excluding hydrogens is 376 g/mol. The van der Waals surface area contributed by atoms with Crippen LogP contribution in [0.15, 0.2) is 12.2 Å². The second kappa shape index (κ2) is 17.4. The number of hydrogen-bond donors (Lipinski definition) is 1. The topological polar surface area (TPSA) is 63.6 Å². The van der Waals surface area contributed by atoms with Crippen molar-refractivity contribution < 1.29 is 19.4 Å². The third kappa shape index (κ3) is 12.4. The Bertz CT molecular complexity index is 485. The zero-order valence-corrected chi connectivity index (χ0v) is 19.6. The largest absolute Gasteiger partial charge is 0.481 e. The standard InChI is InChI=1S/C26H46O4/c1-3-4-5-12-17-22(2)18-13-10-8-6-7-9-11-16-21-30-26(29)24-20-15-14-19-23(24)25(27)28/h14-15,22-24H,3-13,16-21H2,1-2H3,(H,27,28). The summed E-state index contributed by atoms with van der Waals surface area (Å²) in [6.07, 6.45) is 22.7. The highest BCUT2D eigenvalue weighted by Gasteiger charge is 2.34. The summed E-state index contributed by atoms with van der Waals surface area (Å²) in [5.41, 5.74) is 0. The van der Waals surface area contributed by atoms with Crippen LogP contribution in [0.1, 0.15) is 117 Å². The van der Waals surface area contributed by atoms with Crippen LogP contribution in [0.2, 0.25) is 0 Å². The monoisotopic (exact) mass is 422 g/mol. The third-order valence-electron chi connectivity index (χ3n) is 6.44. The van der Waals surface area contributed by atoms with Crippen molar-refractivity contribution in [2.75, 3.05) is 6.61 Å². The Hall–Kier alpha value is -1.32. The predicted octanol–water partition coefficient (Wildman–Crippen LogP) is 7.31. The van der Waals surface area contributed by atoms with Gasteiger partial charge in [0, 0.05) is 0 Å². The van der Waals surface area contributed by atoms with Crippen molar-refractivity contribution in [3.63, 3.8) is 0 Å². The van der Waals surface area contributed by atoms with Crippen molar-refractivity contribution in [2.24, 2.45) is 17.8 Å². The van der Waals surface area contributed by atoms with Gasteiger partial charge in [0.05, 0.1) is 18.4 Å². The van der Waals surface area contributed by atoms with Crippen LogP contribution >= 0.6 is 0 Å². The van der Waals surface area contributed by atoms with E-state index in [4.69, 9.17) is 4.74 Å². The number of carbonyl (C=O) groups excluding carboxylic acids is 1. The van der Waals surface area contributed by atoms with Gasteiger partial charge in [0.1, 0.15) is 0 Å². The highest BCUT2D eigenvalue weighted by molar-refractivity contribution is 5.81. The van der Waals surface area contributed by atoms with Crippen molar-refractivity contribution in [2.45, 2.75) is 117 Å². The van der Waals surface area contributed by atoms with E-state index in [-0.39, 0.29) is 5.97 Å². The van der Waals surface area contributed by atoms with Crippen LogP contribution in [0, 0.1) is 17.8 Å². The van der Waals surface area contributed by atoms with Crippen LogP contribution in [-0.4, -0.2) is 23.7 Å². The van der Waals surface area contributed by atoms with E-state index in [0.717, 1.165) is 18.8 Å². The normalized spacial score (nSPS) is 19.5. The Balaban J connectivity index is 1.91. The average molecular weight is 423 g/mol. The molecule has 4 heteroatoms. The summed E-state index contributed by atoms with van der Waals surface area (Å²) >= 11 is 0. The van der Waals surface area contributed by atoms with Crippen LogP contribution in [0.3, 0.4) is 0 Å². The number of carboxylic acid groups (broad SMARTS) is 1. The van der Waals surface area contributed by atoms with Crippen LogP contribution in [0.5, 0.6) is 0 Å². The van der Waals surface area contributed by atoms with Gasteiger partial charge in [-0.25, -0.2) is 0 Å². The highest BCUT2D eigenvalue weighted by atomic mass is 16.5. The van der Waals surface area contributed by atoms with E-state index in [1.165, 1.54) is 77.0 Å². The molecule has 0 heterocycles. The summed E-state index contributed by atoms with van der Waals surface area (Å²) in [7, 11) is 0. The smallest absolute Gasteiger partial charge is 0.310 e. The van der Waals surface area contributed by atoms with Crippen LogP contribution in [-0.2, 0) is 14.3 Å². The molecular formula is C26H46O4. The molecule has 0 aromatic carbocycles. The molecule has 0 spiro atoms. The maximum Gasteiger partial charge on any atom is 0.310 e. The van der Waals surface area contributed by atoms with E-state index in [1.54, 1.807) is 0 Å². The molecule has 0 saturated heterocycles. The minimum atomic E-state index is -0.900. The van der Waals surface area contributed by atoms with E-state index in [2.05, 4.69) is 13.8 Å². The fourth-order valence-corrected chi connectivity index (χ4v) is 4.35. The molecule has 3 unspecified atom stereocenters. The number of carboxylic acids is 1. The molecule has 1 rings (SSSR count). The SMILES string of the molecule is CCCCCCC(C)CCCCCCCCCCOC(=O)C1CC=CCC1C(=O)O. The Morgan fingerprint density at radius 2 is 1.33 bits per heavy atom. The zero-order valence-electron chi connectivity index (χ0n) is 19.6. The number of hydrogen-bond acceptors (Lipinski definition) is 3. The molecule has 0 saturated carbocycles. The van der Waals surface area contributed by atoms with Gasteiger partial charge in [-0.2, -0.15) is 0 Å². The van der Waals surface area contributed by atoms with Crippen molar-refractivity contribution in [1.82, 2.24) is 0 Å². The molecule has 0 radical (unpaired) electrons. The molecule has 0 fully saturated rings. The van der Waals surface area contributed by atoms with Gasteiger partial charge in [-0.1, -0.05) is 109 Å². The summed E-state index contributed by atoms with van der Waals surface area (Å²) in [5, 5.41) is 9.24. The van der Waals surface area contributed by atoms with Crippen molar-refractivity contribution in [3.05, 3.63) is 12.2 Å². The predicted molar refractivity (Wildman–Crippen MR) is 123 cm³/mol. The van der Waals surface area contributed by atoms with Gasteiger partial charge in [-0.3, -0.25) is 9.59 Å². The molecule has 1 aliphatic rings. The summed E-state index contributed by atoms with van der Waals surface area (Å²) < 4.78 is 5.35. The van der Waals surface area contributed by atoms with Gasteiger partial charge in [0.2, 0.25) is 0 Å². The average Bonchev–Trinajstić information content (AvgIpc) is 2.74. The van der Waals surface area contributed by atoms with E-state index in [9.17, 15) is 14.7 Å². The molecule has 4 nitrogen and oxygen atoms in total. The lowest BCUT2D eigenvalue weighted by Gasteiger charge is -2.23. The maximum atomic E-state index is 12.2. The number of aliphatic carboxylic acids is 1. The molecule has 0 bridgehead atoms. The molecule has 1 aliphatic carbocycles. The minimum absolute atomic E-state index is 0.341. The molecule has 0 aromatic rings. The van der Waals surface area contributed by atoms with Gasteiger partial charge in [0.25, 0.3) is 0 Å². The van der Waals surface area contributed by atoms with Crippen molar-refractivity contribution >= 4 is 11.9 Å². The van der Waals surface area contributed by atoms with Gasteiger partial charge >= 0.3 is 11.9 Å². The molecule has 3 atom stereocenters. The zero-order chi connectivity index (χ0) is 22.0. The van der Waals surface area contributed by atoms with Crippen molar-refractivity contribution in [1.29, 1.82) is 0 Å². The third-order valence-corrected chi connectivity index (χ3v) is 6.44. The Morgan fingerprint density at radius 1 is 0.833 bits per heavy atom. The lowest BCUT2D eigenvalue weighted by atomic mass is 9.83. The summed E-state index contributed by atoms with van der Waals surface area (Å²) in [6, 6.07) is 0. The quantitative estimate of drug-likeness (QED) is 0.143. The lowest BCUT2D eigenvalue weighted by molar-refractivity contribution is -0.158. The molecule has 1 N–H and O–H groups in total. The van der Waals surface area contributed by atoms with Gasteiger partial charge in [-0.05, 0) is 25.2 Å². The summed E-state index contributed by atoms with van der Waals surface area (Å²) in [6.45, 7) is 5.10. The first-order chi connectivity index (χ1) is 14.6. The van der Waals surface area contributed by atoms with Crippen LogP contribution in [0.4, 0.5) is 0 Å². The van der Waals surface area contributed by atoms with E-state index < -0.39 is 17.8 Å². The number of allylic oxidation sites excluding steroid dienone is 2. The fourth-order valence-electron chi connectivity index (χ4n) is 4.35. The first-order valence-corrected chi connectivity index (χ1v) is 12.6. The number of unbranched alkanes of at least 4 members (excludes halogenated alkanes) is 10. The molecule has 0 aliphatic heterocycles. The van der Waals surface area contributed by atoms with E-state index in [0.29, 0.717) is 19.4 Å². The molecule has 0 amide bonds. The first-order valence-electron chi connectivity index (χ1n) is 12.6. The number of rotatable bonds is 18. The Morgan fingerprint density at radius 3 is 1.90 bits per heavy atom. The number of esters is 1. The molecule has 30 heavy (non-hydrogen) atoms. The van der Waals surface area contributed by atoms with Gasteiger partial charge < -0.3 is 9.84 Å². The minimum Gasteiger partial charge on any atom is -0.481 e. The van der Waals surface area contributed by atoms with Crippen LogP contribution < -0.4 is 0 Å². The van der Waals surface area contributed by atoms with Gasteiger partial charge in [-0.15, -0.1) is 0 Å². The highest BCUT2D eigenvalue weighted by Crippen LogP contribution is 2.27. The fraction of sp³-hybridized carbons (Fsp3) is 0.846. The maximum absolute atomic E-state index is 12.2. The van der Waals surface area contributed by atoms with Crippen molar-refractivity contribution in [3.8, 4) is 0 Å². The summed E-state index contributed by atoms with van der Waals surface area (Å²) in [5.74, 6) is -1.51. The number of carbonyl (C=O) groups is 2. The lowest BCUT2D eigenvalue weighted by Crippen LogP contribution is -2.32. The second-order valence-corrected chi connectivity index (χ2v) is 9.23. The first kappa shape index (κ1) is 26.7. The van der Waals surface area contributed by atoms with E-state index in [1.807, 2.05) is 12.2 Å². The molecule has 0 aromatic heterocycles.